The number of nitrogens with one attached hydrogen (secondary N) is 1. The summed E-state index contributed by atoms with van der Waals surface area (Å²) in [5, 5.41) is 5.78. The molecule has 1 aromatic carbocycles. The van der Waals surface area contributed by atoms with Crippen LogP contribution in [0.5, 0.6) is 0 Å². The van der Waals surface area contributed by atoms with Crippen LogP contribution in [0, 0.1) is 0 Å². The van der Waals surface area contributed by atoms with Gasteiger partial charge in [0.25, 0.3) is 0 Å². The van der Waals surface area contributed by atoms with Crippen molar-refractivity contribution in [3.8, 4) is 0 Å². The lowest BCUT2D eigenvalue weighted by molar-refractivity contribution is 0.148. The van der Waals surface area contributed by atoms with Gasteiger partial charge in [0.05, 0.1) is 23.6 Å². The molecule has 0 saturated carbocycles. The molecule has 0 spiro atoms. The van der Waals surface area contributed by atoms with Crippen LogP contribution in [0.15, 0.2) is 59.3 Å². The number of pyridine rings is 2. The van der Waals surface area contributed by atoms with Crippen LogP contribution in [0.3, 0.4) is 0 Å². The normalized spacial score (nSPS) is 19.1. The fraction of sp³-hybridized carbons (Fsp3) is 0.429. The molecule has 4 aromatic rings. The fourth-order valence-corrected chi connectivity index (χ4v) is 5.69. The van der Waals surface area contributed by atoms with Gasteiger partial charge < -0.3 is 14.6 Å². The van der Waals surface area contributed by atoms with Gasteiger partial charge in [0, 0.05) is 56.2 Å². The van der Waals surface area contributed by atoms with E-state index >= 15 is 0 Å². The number of aromatic nitrogens is 2. The second-order valence-electron chi connectivity index (χ2n) is 9.64. The van der Waals surface area contributed by atoms with E-state index < -0.39 is 0 Å². The highest BCUT2D eigenvalue weighted by molar-refractivity contribution is 6.04. The molecule has 3 aromatic heterocycles. The van der Waals surface area contributed by atoms with Crippen LogP contribution < -0.4 is 5.32 Å². The number of furan rings is 1. The minimum atomic E-state index is 0.353. The smallest absolute Gasteiger partial charge is 0.153 e. The van der Waals surface area contributed by atoms with E-state index in [1.54, 1.807) is 0 Å². The average Bonchev–Trinajstić information content (AvgIpc) is 3.26. The van der Waals surface area contributed by atoms with Gasteiger partial charge in [0.15, 0.2) is 5.58 Å². The summed E-state index contributed by atoms with van der Waals surface area (Å²) in [6.45, 7) is 7.55. The Morgan fingerprint density at radius 2 is 1.94 bits per heavy atom. The Kier molecular flexibility index (Phi) is 6.27. The molecule has 6 nitrogen and oxygen atoms in total. The molecule has 2 aliphatic rings. The van der Waals surface area contributed by atoms with Gasteiger partial charge in [-0.05, 0) is 56.0 Å². The molecule has 4 heterocycles. The molecule has 0 radical (unpaired) electrons. The number of piperazine rings is 1. The molecule has 1 unspecified atom stereocenters. The van der Waals surface area contributed by atoms with Crippen LogP contribution in [0.4, 0.5) is 0 Å². The highest BCUT2D eigenvalue weighted by Gasteiger charge is 2.27. The topological polar surface area (TPSA) is 57.4 Å². The molecule has 1 fully saturated rings. The van der Waals surface area contributed by atoms with Gasteiger partial charge in [-0.3, -0.25) is 14.9 Å². The van der Waals surface area contributed by atoms with Crippen LogP contribution in [0.2, 0.25) is 0 Å². The monoisotopic (exact) mass is 455 g/mol. The number of rotatable bonds is 7. The number of nitrogens with zero attached hydrogens (tertiary/aromatic N) is 4. The van der Waals surface area contributed by atoms with Crippen molar-refractivity contribution < 1.29 is 4.42 Å². The number of aryl methyl sites for hydroxylation is 1. The van der Waals surface area contributed by atoms with Crippen molar-refractivity contribution in [2.45, 2.75) is 38.3 Å². The number of fused-ring (bicyclic) bond motifs is 4. The SMILES string of the molecule is c1cnc2c(c1)CCCC2N(CCCN1CCNCC1)Cc1cc2c(cn1)oc1ccccc12. The Hall–Kier alpha value is -2.80. The summed E-state index contributed by atoms with van der Waals surface area (Å²) in [6.07, 6.45) is 8.54. The first-order chi connectivity index (χ1) is 16.8. The first kappa shape index (κ1) is 21.7. The Morgan fingerprint density at radius 3 is 2.88 bits per heavy atom. The lowest BCUT2D eigenvalue weighted by Gasteiger charge is -2.35. The summed E-state index contributed by atoms with van der Waals surface area (Å²) < 4.78 is 6.01. The molecule has 1 atom stereocenters. The Morgan fingerprint density at radius 1 is 1.03 bits per heavy atom. The summed E-state index contributed by atoms with van der Waals surface area (Å²) in [5.74, 6) is 0. The van der Waals surface area contributed by atoms with E-state index in [0.29, 0.717) is 6.04 Å². The highest BCUT2D eigenvalue weighted by atomic mass is 16.3. The first-order valence-corrected chi connectivity index (χ1v) is 12.7. The minimum absolute atomic E-state index is 0.353. The number of benzene rings is 1. The van der Waals surface area contributed by atoms with E-state index in [1.807, 2.05) is 24.5 Å². The van der Waals surface area contributed by atoms with Gasteiger partial charge in [0.2, 0.25) is 0 Å². The average molecular weight is 456 g/mol. The predicted octanol–water partition coefficient (Wildman–Crippen LogP) is 4.55. The van der Waals surface area contributed by atoms with Gasteiger partial charge in [-0.25, -0.2) is 0 Å². The molecule has 1 aliphatic heterocycles. The summed E-state index contributed by atoms with van der Waals surface area (Å²) in [5.41, 5.74) is 5.57. The van der Waals surface area contributed by atoms with Crippen molar-refractivity contribution in [1.29, 1.82) is 0 Å². The second-order valence-corrected chi connectivity index (χ2v) is 9.64. The molecular formula is C28H33N5O. The van der Waals surface area contributed by atoms with E-state index in [9.17, 15) is 0 Å². The lowest BCUT2D eigenvalue weighted by Crippen LogP contribution is -2.44. The highest BCUT2D eigenvalue weighted by Crippen LogP contribution is 2.34. The maximum absolute atomic E-state index is 6.01. The molecule has 34 heavy (non-hydrogen) atoms. The lowest BCUT2D eigenvalue weighted by atomic mass is 9.90. The van der Waals surface area contributed by atoms with Crippen LogP contribution >= 0.6 is 0 Å². The fourth-order valence-electron chi connectivity index (χ4n) is 5.69. The van der Waals surface area contributed by atoms with Crippen molar-refractivity contribution in [2.24, 2.45) is 0 Å². The van der Waals surface area contributed by atoms with Crippen molar-refractivity contribution in [3.63, 3.8) is 0 Å². The third-order valence-electron chi connectivity index (χ3n) is 7.42. The second kappa shape index (κ2) is 9.82. The summed E-state index contributed by atoms with van der Waals surface area (Å²) in [6, 6.07) is 15.2. The molecule has 1 saturated heterocycles. The van der Waals surface area contributed by atoms with Gasteiger partial charge in [0.1, 0.15) is 5.58 Å². The molecule has 0 amide bonds. The standard InChI is InChI=1S/C28H33N5O/c1-2-10-26-23(8-1)24-18-22(31-19-27(24)34-26)20-33(15-5-14-32-16-12-29-13-17-32)25-9-3-6-21-7-4-11-30-28(21)25/h1-2,4,7-8,10-11,18-19,25,29H,3,5-6,9,12-17,20H2. The maximum Gasteiger partial charge on any atom is 0.153 e. The summed E-state index contributed by atoms with van der Waals surface area (Å²) in [7, 11) is 0. The van der Waals surface area contributed by atoms with Crippen molar-refractivity contribution in [2.75, 3.05) is 39.3 Å². The zero-order chi connectivity index (χ0) is 22.7. The molecule has 6 rings (SSSR count). The van der Waals surface area contributed by atoms with E-state index in [1.165, 1.54) is 17.7 Å². The Labute approximate surface area is 201 Å². The Bertz CT molecular complexity index is 1260. The van der Waals surface area contributed by atoms with Crippen molar-refractivity contribution in [3.05, 3.63) is 71.8 Å². The third kappa shape index (κ3) is 4.45. The number of hydrogen-bond donors (Lipinski definition) is 1. The van der Waals surface area contributed by atoms with E-state index in [0.717, 1.165) is 92.7 Å². The molecule has 1 aliphatic carbocycles. The summed E-state index contributed by atoms with van der Waals surface area (Å²) in [4.78, 5) is 14.9. The summed E-state index contributed by atoms with van der Waals surface area (Å²) >= 11 is 0. The van der Waals surface area contributed by atoms with Crippen molar-refractivity contribution >= 4 is 21.9 Å². The molecule has 6 heteroatoms. The van der Waals surface area contributed by atoms with Crippen LogP contribution in [-0.2, 0) is 13.0 Å². The molecule has 1 N–H and O–H groups in total. The zero-order valence-electron chi connectivity index (χ0n) is 19.7. The maximum atomic E-state index is 6.01. The van der Waals surface area contributed by atoms with Gasteiger partial charge in [-0.15, -0.1) is 0 Å². The molecular weight excluding hydrogens is 422 g/mol. The number of para-hydroxylation sites is 1. The van der Waals surface area contributed by atoms with Crippen LogP contribution in [0.25, 0.3) is 21.9 Å². The van der Waals surface area contributed by atoms with Crippen LogP contribution in [0.1, 0.15) is 42.3 Å². The Balaban J connectivity index is 1.27. The molecule has 176 valence electrons. The van der Waals surface area contributed by atoms with E-state index in [4.69, 9.17) is 14.4 Å². The minimum Gasteiger partial charge on any atom is -0.454 e. The van der Waals surface area contributed by atoms with Crippen LogP contribution in [-0.4, -0.2) is 59.0 Å². The molecule has 0 bridgehead atoms. The van der Waals surface area contributed by atoms with E-state index in [-0.39, 0.29) is 0 Å². The number of hydrogen-bond acceptors (Lipinski definition) is 6. The van der Waals surface area contributed by atoms with E-state index in [2.05, 4.69) is 45.4 Å². The zero-order valence-corrected chi connectivity index (χ0v) is 19.7. The van der Waals surface area contributed by atoms with Gasteiger partial charge in [-0.2, -0.15) is 0 Å². The first-order valence-electron chi connectivity index (χ1n) is 12.7. The quantitative estimate of drug-likeness (QED) is 0.441. The van der Waals surface area contributed by atoms with Crippen molar-refractivity contribution in [1.82, 2.24) is 25.1 Å². The third-order valence-corrected chi connectivity index (χ3v) is 7.42. The van der Waals surface area contributed by atoms with Gasteiger partial charge in [-0.1, -0.05) is 24.3 Å². The largest absolute Gasteiger partial charge is 0.454 e. The van der Waals surface area contributed by atoms with Gasteiger partial charge >= 0.3 is 0 Å². The predicted molar refractivity (Wildman–Crippen MR) is 136 cm³/mol.